The number of esters is 2. The maximum atomic E-state index is 12.5. The lowest BCUT2D eigenvalue weighted by Crippen LogP contribution is -2.16. The molecule has 0 N–H and O–H groups in total. The molecule has 6 heteroatoms. The fourth-order valence-corrected chi connectivity index (χ4v) is 3.07. The van der Waals surface area contributed by atoms with Crippen molar-refractivity contribution in [3.63, 3.8) is 0 Å². The van der Waals surface area contributed by atoms with Gasteiger partial charge in [0.2, 0.25) is 0 Å². The molecule has 0 radical (unpaired) electrons. The number of carbonyl (C=O) groups excluding carboxylic acids is 2. The first-order valence-corrected chi connectivity index (χ1v) is 8.08. The number of hydrogen-bond donors (Lipinski definition) is 0. The number of hydrogen-bond acceptors (Lipinski definition) is 5. The third-order valence-corrected chi connectivity index (χ3v) is 4.34. The summed E-state index contributed by atoms with van der Waals surface area (Å²) >= 11 is 0. The monoisotopic (exact) mass is 357 g/mol. The van der Waals surface area contributed by atoms with Crippen LogP contribution in [0.2, 0.25) is 0 Å². The molecule has 2 aromatic rings. The summed E-state index contributed by atoms with van der Waals surface area (Å²) in [4.78, 5) is 24.9. The van der Waals surface area contributed by atoms with Crippen LogP contribution in [0, 0.1) is 13.8 Å². The number of ether oxygens (including phenoxy) is 3. The molecule has 0 atom stereocenters. The number of nitrogens with zero attached hydrogens (tertiary/aromatic N) is 1. The molecule has 0 saturated carbocycles. The number of carbonyl (C=O) groups is 2. The van der Waals surface area contributed by atoms with Gasteiger partial charge in [-0.2, -0.15) is 0 Å². The highest BCUT2D eigenvalue weighted by Gasteiger charge is 2.29. The van der Waals surface area contributed by atoms with Crippen molar-refractivity contribution < 1.29 is 23.8 Å². The lowest BCUT2D eigenvalue weighted by atomic mass is 10.0. The van der Waals surface area contributed by atoms with Gasteiger partial charge in [-0.05, 0) is 26.3 Å². The predicted molar refractivity (Wildman–Crippen MR) is 98.6 cm³/mol. The molecule has 6 nitrogen and oxygen atoms in total. The van der Waals surface area contributed by atoms with Gasteiger partial charge in [-0.25, -0.2) is 9.59 Å². The zero-order valence-corrected chi connectivity index (χ0v) is 15.9. The minimum absolute atomic E-state index is 0.220. The maximum absolute atomic E-state index is 12.5. The Labute approximate surface area is 153 Å². The van der Waals surface area contributed by atoms with E-state index < -0.39 is 11.9 Å². The molecule has 0 saturated heterocycles. The van der Waals surface area contributed by atoms with Gasteiger partial charge in [-0.3, -0.25) is 0 Å². The van der Waals surface area contributed by atoms with Gasteiger partial charge in [0.15, 0.2) is 5.70 Å². The second kappa shape index (κ2) is 7.91. The second-order valence-corrected chi connectivity index (χ2v) is 5.71. The van der Waals surface area contributed by atoms with E-state index in [1.807, 2.05) is 37.3 Å². The van der Waals surface area contributed by atoms with Crippen molar-refractivity contribution in [2.24, 2.45) is 0 Å². The normalized spacial score (nSPS) is 11.6. The Bertz CT molecular complexity index is 862. The smallest absolute Gasteiger partial charge is 0.358 e. The van der Waals surface area contributed by atoms with E-state index in [2.05, 4.69) is 0 Å². The molecule has 26 heavy (non-hydrogen) atoms. The van der Waals surface area contributed by atoms with Gasteiger partial charge in [0.1, 0.15) is 5.76 Å². The molecule has 1 aromatic carbocycles. The third-order valence-electron chi connectivity index (χ3n) is 4.34. The van der Waals surface area contributed by atoms with Crippen LogP contribution in [0.3, 0.4) is 0 Å². The van der Waals surface area contributed by atoms with Crippen LogP contribution < -0.4 is 0 Å². The van der Waals surface area contributed by atoms with E-state index in [-0.39, 0.29) is 5.70 Å². The predicted octanol–water partition coefficient (Wildman–Crippen LogP) is 3.57. The van der Waals surface area contributed by atoms with Gasteiger partial charge in [-0.15, -0.1) is 0 Å². The molecular weight excluding hydrogens is 334 g/mol. The molecule has 0 aliphatic rings. The van der Waals surface area contributed by atoms with Crippen LogP contribution in [0.1, 0.15) is 28.7 Å². The van der Waals surface area contributed by atoms with Crippen LogP contribution in [0.5, 0.6) is 0 Å². The lowest BCUT2D eigenvalue weighted by Gasteiger charge is -2.15. The Morgan fingerprint density at radius 2 is 1.50 bits per heavy atom. The minimum Gasteiger partial charge on any atom is -0.499 e. The summed E-state index contributed by atoms with van der Waals surface area (Å²) in [5, 5.41) is 0. The summed E-state index contributed by atoms with van der Waals surface area (Å²) in [6, 6.07) is 9.49. The summed E-state index contributed by atoms with van der Waals surface area (Å²) in [6.07, 6.45) is 0. The van der Waals surface area contributed by atoms with Crippen molar-refractivity contribution in [2.75, 3.05) is 21.3 Å². The van der Waals surface area contributed by atoms with Gasteiger partial charge in [0.05, 0.1) is 26.9 Å². The highest BCUT2D eigenvalue weighted by atomic mass is 16.5. The summed E-state index contributed by atoms with van der Waals surface area (Å²) in [7, 11) is 4.12. The molecular formula is C20H23NO5. The quantitative estimate of drug-likeness (QED) is 0.465. The molecule has 0 fully saturated rings. The zero-order chi connectivity index (χ0) is 19.4. The van der Waals surface area contributed by atoms with Crippen molar-refractivity contribution in [2.45, 2.75) is 20.8 Å². The largest absolute Gasteiger partial charge is 0.499 e. The van der Waals surface area contributed by atoms with Crippen LogP contribution in [0.25, 0.3) is 16.8 Å². The van der Waals surface area contributed by atoms with Crippen LogP contribution in [0.15, 0.2) is 36.1 Å². The molecule has 2 rings (SSSR count). The van der Waals surface area contributed by atoms with Crippen LogP contribution in [-0.2, 0) is 19.0 Å². The first-order chi connectivity index (χ1) is 12.4. The van der Waals surface area contributed by atoms with Crippen molar-refractivity contribution in [3.05, 3.63) is 53.0 Å². The number of methoxy groups -OCH3 is 3. The molecule has 0 aliphatic carbocycles. The highest BCUT2D eigenvalue weighted by Crippen LogP contribution is 2.35. The van der Waals surface area contributed by atoms with Crippen LogP contribution >= 0.6 is 0 Å². The number of aromatic nitrogens is 1. The SMILES string of the molecule is COC(=O)/C(=C(/C)OC)n1c(C)c(C(=O)OC)c(-c2ccccc2)c1C. The van der Waals surface area contributed by atoms with Crippen molar-refractivity contribution in [3.8, 4) is 11.1 Å². The lowest BCUT2D eigenvalue weighted by molar-refractivity contribution is -0.134. The van der Waals surface area contributed by atoms with E-state index in [0.29, 0.717) is 28.3 Å². The van der Waals surface area contributed by atoms with Crippen molar-refractivity contribution in [1.29, 1.82) is 0 Å². The van der Waals surface area contributed by atoms with Gasteiger partial charge < -0.3 is 18.8 Å². The molecule has 0 aliphatic heterocycles. The average Bonchev–Trinajstić information content (AvgIpc) is 2.92. The Kier molecular flexibility index (Phi) is 5.87. The van der Waals surface area contributed by atoms with Gasteiger partial charge in [0.25, 0.3) is 0 Å². The Morgan fingerprint density at radius 3 is 2.00 bits per heavy atom. The number of allylic oxidation sites excluding steroid dienone is 1. The summed E-state index contributed by atoms with van der Waals surface area (Å²) in [5.41, 5.74) is 3.47. The fourth-order valence-electron chi connectivity index (χ4n) is 3.07. The van der Waals surface area contributed by atoms with Crippen molar-refractivity contribution in [1.82, 2.24) is 4.57 Å². The molecule has 138 valence electrons. The van der Waals surface area contributed by atoms with Crippen molar-refractivity contribution >= 4 is 17.6 Å². The highest BCUT2D eigenvalue weighted by molar-refractivity contribution is 6.12. The van der Waals surface area contributed by atoms with E-state index in [9.17, 15) is 9.59 Å². The molecule has 1 aromatic heterocycles. The molecule has 0 spiro atoms. The summed E-state index contributed by atoms with van der Waals surface area (Å²) < 4.78 is 16.9. The number of benzene rings is 1. The van der Waals surface area contributed by atoms with Gasteiger partial charge in [0, 0.05) is 17.0 Å². The third kappa shape index (κ3) is 3.22. The van der Waals surface area contributed by atoms with E-state index >= 15 is 0 Å². The van der Waals surface area contributed by atoms with Gasteiger partial charge >= 0.3 is 11.9 Å². The summed E-state index contributed by atoms with van der Waals surface area (Å²) in [5.74, 6) is -0.641. The molecule has 0 amide bonds. The van der Waals surface area contributed by atoms with E-state index in [1.54, 1.807) is 18.4 Å². The first kappa shape index (κ1) is 19.3. The molecule has 1 heterocycles. The van der Waals surface area contributed by atoms with Crippen LogP contribution in [-0.4, -0.2) is 37.8 Å². The average molecular weight is 357 g/mol. The van der Waals surface area contributed by atoms with E-state index in [0.717, 1.165) is 5.56 Å². The van der Waals surface area contributed by atoms with Gasteiger partial charge in [-0.1, -0.05) is 30.3 Å². The Hall–Kier alpha value is -3.02. The topological polar surface area (TPSA) is 66.8 Å². The second-order valence-electron chi connectivity index (χ2n) is 5.71. The molecule has 0 bridgehead atoms. The minimum atomic E-state index is -0.554. The zero-order valence-electron chi connectivity index (χ0n) is 15.9. The number of rotatable bonds is 5. The fraction of sp³-hybridized carbons (Fsp3) is 0.300. The first-order valence-electron chi connectivity index (χ1n) is 8.08. The summed E-state index contributed by atoms with van der Waals surface area (Å²) in [6.45, 7) is 5.27. The molecule has 0 unspecified atom stereocenters. The van der Waals surface area contributed by atoms with E-state index in [1.165, 1.54) is 21.3 Å². The van der Waals surface area contributed by atoms with Crippen LogP contribution in [0.4, 0.5) is 0 Å². The Morgan fingerprint density at radius 1 is 0.885 bits per heavy atom. The van der Waals surface area contributed by atoms with E-state index in [4.69, 9.17) is 14.2 Å². The maximum Gasteiger partial charge on any atom is 0.358 e. The standard InChI is InChI=1S/C20H23NO5/c1-12-16(15-10-8-7-9-11-15)17(19(22)25-5)13(2)21(12)18(14(3)24-4)20(23)26-6/h7-11H,1-6H3/b18-14+. The Balaban J connectivity index is 2.91.